The monoisotopic (exact) mass is 445 g/mol. The van der Waals surface area contributed by atoms with Crippen molar-refractivity contribution in [2.45, 2.75) is 5.16 Å². The van der Waals surface area contributed by atoms with E-state index in [1.807, 2.05) is 0 Å². The molecule has 0 saturated heterocycles. The molecule has 3 aromatic rings. The molecule has 0 saturated carbocycles. The predicted octanol–water partition coefficient (Wildman–Crippen LogP) is 2.33. The quantitative estimate of drug-likeness (QED) is 0.198. The van der Waals surface area contributed by atoms with Gasteiger partial charge in [-0.15, -0.1) is 10.2 Å². The van der Waals surface area contributed by atoms with Gasteiger partial charge >= 0.3 is 0 Å². The fourth-order valence-electron chi connectivity index (χ4n) is 2.44. The number of aromatic nitrogens is 3. The molecule has 0 aliphatic heterocycles. The van der Waals surface area contributed by atoms with Crippen molar-refractivity contribution >= 4 is 35.5 Å². The molecule has 1 heterocycles. The molecule has 162 valence electrons. The molecule has 0 aliphatic rings. The van der Waals surface area contributed by atoms with Crippen LogP contribution in [0.5, 0.6) is 11.5 Å². The number of hydrogen-bond donors (Lipinski definition) is 3. The SMILES string of the molecule is COc1ccc(/C=N/Nc2nnc(SCC(=O)Nc3cccc(F)c3)n2N)cc1OC. The first-order valence-corrected chi connectivity index (χ1v) is 9.88. The molecule has 0 bridgehead atoms. The Morgan fingerprint density at radius 2 is 2.03 bits per heavy atom. The van der Waals surface area contributed by atoms with Gasteiger partial charge in [0.1, 0.15) is 5.82 Å². The molecule has 4 N–H and O–H groups in total. The molecule has 2 aromatic carbocycles. The maximum absolute atomic E-state index is 13.2. The van der Waals surface area contributed by atoms with Gasteiger partial charge in [0, 0.05) is 5.69 Å². The molecular weight excluding hydrogens is 425 g/mol. The fraction of sp³-hybridized carbons (Fsp3) is 0.158. The van der Waals surface area contributed by atoms with Crippen LogP contribution >= 0.6 is 11.8 Å². The Morgan fingerprint density at radius 3 is 2.77 bits per heavy atom. The average Bonchev–Trinajstić information content (AvgIpc) is 3.11. The summed E-state index contributed by atoms with van der Waals surface area (Å²) in [7, 11) is 3.10. The summed E-state index contributed by atoms with van der Waals surface area (Å²) >= 11 is 1.07. The lowest BCUT2D eigenvalue weighted by atomic mass is 10.2. The molecule has 0 spiro atoms. The topological polar surface area (TPSA) is 129 Å². The zero-order chi connectivity index (χ0) is 22.2. The number of hydrogen-bond acceptors (Lipinski definition) is 9. The van der Waals surface area contributed by atoms with Gasteiger partial charge in [0.15, 0.2) is 11.5 Å². The molecule has 1 amide bonds. The number of nitrogens with two attached hydrogens (primary N) is 1. The van der Waals surface area contributed by atoms with Gasteiger partial charge < -0.3 is 20.6 Å². The number of anilines is 2. The minimum atomic E-state index is -0.434. The number of benzene rings is 2. The van der Waals surface area contributed by atoms with Crippen molar-refractivity contribution < 1.29 is 18.7 Å². The molecule has 1 aromatic heterocycles. The molecule has 0 unspecified atom stereocenters. The van der Waals surface area contributed by atoms with Gasteiger partial charge in [-0.25, -0.2) is 14.5 Å². The van der Waals surface area contributed by atoms with Crippen LogP contribution < -0.4 is 26.1 Å². The fourth-order valence-corrected chi connectivity index (χ4v) is 3.10. The van der Waals surface area contributed by atoms with Crippen LogP contribution in [0.2, 0.25) is 0 Å². The summed E-state index contributed by atoms with van der Waals surface area (Å²) in [6, 6.07) is 10.9. The van der Waals surface area contributed by atoms with E-state index in [4.69, 9.17) is 15.3 Å². The summed E-state index contributed by atoms with van der Waals surface area (Å²) in [6.45, 7) is 0. The summed E-state index contributed by atoms with van der Waals surface area (Å²) in [4.78, 5) is 12.0. The number of hydrazone groups is 1. The van der Waals surface area contributed by atoms with Gasteiger partial charge in [0.2, 0.25) is 11.1 Å². The number of nitrogen functional groups attached to an aromatic ring is 1. The zero-order valence-corrected chi connectivity index (χ0v) is 17.5. The smallest absolute Gasteiger partial charge is 0.264 e. The third-order valence-corrected chi connectivity index (χ3v) is 4.83. The van der Waals surface area contributed by atoms with Gasteiger partial charge in [-0.1, -0.05) is 17.8 Å². The minimum Gasteiger partial charge on any atom is -0.493 e. The maximum atomic E-state index is 13.2. The Kier molecular flexibility index (Phi) is 7.27. The number of carbonyl (C=O) groups excluding carboxylic acids is 1. The van der Waals surface area contributed by atoms with Crippen LogP contribution in [-0.2, 0) is 4.79 Å². The number of thioether (sulfide) groups is 1. The predicted molar refractivity (Wildman–Crippen MR) is 117 cm³/mol. The van der Waals surface area contributed by atoms with Crippen molar-refractivity contribution in [3.05, 3.63) is 53.8 Å². The van der Waals surface area contributed by atoms with Crippen molar-refractivity contribution in [3.63, 3.8) is 0 Å². The molecule has 0 atom stereocenters. The molecule has 31 heavy (non-hydrogen) atoms. The van der Waals surface area contributed by atoms with E-state index in [9.17, 15) is 9.18 Å². The summed E-state index contributed by atoms with van der Waals surface area (Å²) in [5.74, 6) is 6.56. The molecule has 0 radical (unpaired) electrons. The number of nitrogens with zero attached hydrogens (tertiary/aromatic N) is 4. The van der Waals surface area contributed by atoms with E-state index in [1.54, 1.807) is 44.7 Å². The van der Waals surface area contributed by atoms with Gasteiger partial charge in [0.05, 0.1) is 26.2 Å². The van der Waals surface area contributed by atoms with Crippen LogP contribution in [0.3, 0.4) is 0 Å². The van der Waals surface area contributed by atoms with Crippen LogP contribution in [0.4, 0.5) is 16.0 Å². The summed E-state index contributed by atoms with van der Waals surface area (Å²) in [5, 5.41) is 14.8. The van der Waals surface area contributed by atoms with E-state index in [0.29, 0.717) is 22.3 Å². The lowest BCUT2D eigenvalue weighted by Crippen LogP contribution is -2.17. The zero-order valence-electron chi connectivity index (χ0n) is 16.7. The van der Waals surface area contributed by atoms with Crippen molar-refractivity contribution in [2.24, 2.45) is 5.10 Å². The highest BCUT2D eigenvalue weighted by molar-refractivity contribution is 7.99. The van der Waals surface area contributed by atoms with Crippen molar-refractivity contribution in [2.75, 3.05) is 36.6 Å². The Morgan fingerprint density at radius 1 is 1.23 bits per heavy atom. The van der Waals surface area contributed by atoms with E-state index < -0.39 is 5.82 Å². The molecule has 3 rings (SSSR count). The number of rotatable bonds is 9. The Bertz CT molecular complexity index is 1090. The number of amides is 1. The highest BCUT2D eigenvalue weighted by Crippen LogP contribution is 2.27. The van der Waals surface area contributed by atoms with E-state index >= 15 is 0 Å². The Balaban J connectivity index is 1.55. The largest absolute Gasteiger partial charge is 0.493 e. The normalized spacial score (nSPS) is 10.8. The van der Waals surface area contributed by atoms with Crippen molar-refractivity contribution in [3.8, 4) is 11.5 Å². The number of nitrogens with one attached hydrogen (secondary N) is 2. The van der Waals surface area contributed by atoms with E-state index in [1.165, 1.54) is 22.9 Å². The summed E-state index contributed by atoms with van der Waals surface area (Å²) in [6.07, 6.45) is 1.55. The summed E-state index contributed by atoms with van der Waals surface area (Å²) < 4.78 is 24.8. The second kappa shape index (κ2) is 10.3. The maximum Gasteiger partial charge on any atom is 0.264 e. The molecular formula is C19H20FN7O3S. The number of carbonyl (C=O) groups is 1. The van der Waals surface area contributed by atoms with Crippen molar-refractivity contribution in [1.29, 1.82) is 0 Å². The number of ether oxygens (including phenoxy) is 2. The van der Waals surface area contributed by atoms with Gasteiger partial charge in [-0.3, -0.25) is 4.79 Å². The molecule has 0 fully saturated rings. The first-order valence-electron chi connectivity index (χ1n) is 8.90. The van der Waals surface area contributed by atoms with E-state index in [-0.39, 0.29) is 17.6 Å². The van der Waals surface area contributed by atoms with Gasteiger partial charge in [0.25, 0.3) is 5.95 Å². The minimum absolute atomic E-state index is 0.0146. The number of methoxy groups -OCH3 is 2. The standard InChI is InChI=1S/C19H20FN7O3S/c1-29-15-7-6-12(8-16(15)30-2)10-22-24-18-25-26-19(27(18)21)31-11-17(28)23-14-5-3-4-13(20)9-14/h3-10H,11,21H2,1-2H3,(H,23,28)(H,24,25)/b22-10+. The van der Waals surface area contributed by atoms with Crippen LogP contribution in [0, 0.1) is 5.82 Å². The second-order valence-corrected chi connectivity index (χ2v) is 6.95. The van der Waals surface area contributed by atoms with Crippen LogP contribution in [0.15, 0.2) is 52.7 Å². The molecule has 0 aliphatic carbocycles. The average molecular weight is 445 g/mol. The lowest BCUT2D eigenvalue weighted by Gasteiger charge is -2.07. The van der Waals surface area contributed by atoms with Crippen molar-refractivity contribution in [1.82, 2.24) is 14.9 Å². The second-order valence-electron chi connectivity index (χ2n) is 6.01. The molecule has 12 heteroatoms. The van der Waals surface area contributed by atoms with Crippen LogP contribution in [0.25, 0.3) is 0 Å². The third-order valence-electron chi connectivity index (χ3n) is 3.89. The Hall–Kier alpha value is -3.80. The highest BCUT2D eigenvalue weighted by Gasteiger charge is 2.12. The molecule has 10 nitrogen and oxygen atoms in total. The first kappa shape index (κ1) is 21.9. The Labute approximate surface area is 181 Å². The summed E-state index contributed by atoms with van der Waals surface area (Å²) in [5.41, 5.74) is 3.82. The van der Waals surface area contributed by atoms with E-state index in [2.05, 4.69) is 26.0 Å². The lowest BCUT2D eigenvalue weighted by molar-refractivity contribution is -0.113. The first-order chi connectivity index (χ1) is 15.0. The highest BCUT2D eigenvalue weighted by atomic mass is 32.2. The number of halogens is 1. The van der Waals surface area contributed by atoms with Gasteiger partial charge in [-0.2, -0.15) is 5.10 Å². The van der Waals surface area contributed by atoms with Crippen LogP contribution in [0.1, 0.15) is 5.56 Å². The van der Waals surface area contributed by atoms with Gasteiger partial charge in [-0.05, 0) is 42.0 Å². The third kappa shape index (κ3) is 5.85. The van der Waals surface area contributed by atoms with Crippen LogP contribution in [-0.4, -0.2) is 47.0 Å². The van der Waals surface area contributed by atoms with E-state index in [0.717, 1.165) is 17.3 Å².